The van der Waals surface area contributed by atoms with Gasteiger partial charge in [-0.05, 0) is 42.9 Å². The van der Waals surface area contributed by atoms with Crippen LogP contribution in [0.1, 0.15) is 53.4 Å². The average molecular weight is 198 g/mol. The van der Waals surface area contributed by atoms with Gasteiger partial charge in [0.05, 0.1) is 5.66 Å². The lowest BCUT2D eigenvalue weighted by atomic mass is 9.59. The summed E-state index contributed by atoms with van der Waals surface area (Å²) in [5.41, 5.74) is 12.0. The fraction of sp³-hybridized carbons (Fsp3) is 1.00. The Morgan fingerprint density at radius 3 is 1.43 bits per heavy atom. The number of hydrogen-bond donors (Lipinski definition) is 2. The van der Waals surface area contributed by atoms with Gasteiger partial charge in [0.2, 0.25) is 0 Å². The Kier molecular flexibility index (Phi) is 3.27. The standard InChI is InChI=1S/C12H26N2/c1-9(2)11(10(3)4)5-7-12(13,14)8-6-11/h9-10H,5-8,13-14H2,1-4H3. The highest BCUT2D eigenvalue weighted by Crippen LogP contribution is 2.48. The third-order valence-electron chi connectivity index (χ3n) is 4.41. The maximum Gasteiger partial charge on any atom is 0.0637 e. The van der Waals surface area contributed by atoms with Crippen molar-refractivity contribution in [1.29, 1.82) is 0 Å². The van der Waals surface area contributed by atoms with Crippen LogP contribution in [-0.2, 0) is 0 Å². The maximum absolute atomic E-state index is 5.98. The van der Waals surface area contributed by atoms with Crippen molar-refractivity contribution in [2.24, 2.45) is 28.7 Å². The lowest BCUT2D eigenvalue weighted by Crippen LogP contribution is -2.55. The first kappa shape index (κ1) is 12.0. The molecule has 1 rings (SSSR count). The van der Waals surface area contributed by atoms with Gasteiger partial charge in [-0.3, -0.25) is 0 Å². The van der Waals surface area contributed by atoms with E-state index in [0.717, 1.165) is 24.7 Å². The molecule has 0 amide bonds. The van der Waals surface area contributed by atoms with Gasteiger partial charge >= 0.3 is 0 Å². The molecule has 1 fully saturated rings. The minimum absolute atomic E-state index is 0.396. The molecule has 84 valence electrons. The molecule has 0 spiro atoms. The van der Waals surface area contributed by atoms with Gasteiger partial charge in [0.15, 0.2) is 0 Å². The fourth-order valence-corrected chi connectivity index (χ4v) is 3.00. The van der Waals surface area contributed by atoms with Crippen LogP contribution in [0.5, 0.6) is 0 Å². The minimum atomic E-state index is -0.396. The van der Waals surface area contributed by atoms with E-state index in [1.54, 1.807) is 0 Å². The molecule has 1 saturated carbocycles. The molecule has 0 bridgehead atoms. The molecule has 2 nitrogen and oxygen atoms in total. The molecule has 0 atom stereocenters. The highest BCUT2D eigenvalue weighted by molar-refractivity contribution is 4.95. The third-order valence-corrected chi connectivity index (χ3v) is 4.41. The van der Waals surface area contributed by atoms with Gasteiger partial charge in [-0.1, -0.05) is 27.7 Å². The van der Waals surface area contributed by atoms with Gasteiger partial charge in [0.25, 0.3) is 0 Å². The molecule has 0 aromatic carbocycles. The fourth-order valence-electron chi connectivity index (χ4n) is 3.00. The van der Waals surface area contributed by atoms with Gasteiger partial charge in [0, 0.05) is 0 Å². The van der Waals surface area contributed by atoms with E-state index in [0.29, 0.717) is 5.41 Å². The lowest BCUT2D eigenvalue weighted by Gasteiger charge is -2.48. The summed E-state index contributed by atoms with van der Waals surface area (Å²) in [7, 11) is 0. The van der Waals surface area contributed by atoms with Crippen molar-refractivity contribution in [3.8, 4) is 0 Å². The van der Waals surface area contributed by atoms with Crippen LogP contribution in [0.2, 0.25) is 0 Å². The first-order valence-electron chi connectivity index (χ1n) is 5.88. The zero-order chi connectivity index (χ0) is 11.0. The van der Waals surface area contributed by atoms with E-state index in [1.165, 1.54) is 12.8 Å². The van der Waals surface area contributed by atoms with E-state index in [2.05, 4.69) is 27.7 Å². The normalized spacial score (nSPS) is 25.7. The lowest BCUT2D eigenvalue weighted by molar-refractivity contribution is 0.0313. The Labute approximate surface area is 88.4 Å². The molecule has 1 aliphatic rings. The van der Waals surface area contributed by atoms with Crippen LogP contribution < -0.4 is 11.5 Å². The van der Waals surface area contributed by atoms with Crippen LogP contribution in [0.3, 0.4) is 0 Å². The van der Waals surface area contributed by atoms with Gasteiger partial charge < -0.3 is 11.5 Å². The predicted molar refractivity (Wildman–Crippen MR) is 61.7 cm³/mol. The van der Waals surface area contributed by atoms with E-state index in [1.807, 2.05) is 0 Å². The summed E-state index contributed by atoms with van der Waals surface area (Å²) in [6.45, 7) is 9.33. The minimum Gasteiger partial charge on any atom is -0.313 e. The van der Waals surface area contributed by atoms with E-state index < -0.39 is 5.66 Å². The molecule has 0 aromatic heterocycles. The van der Waals surface area contributed by atoms with Crippen LogP contribution >= 0.6 is 0 Å². The van der Waals surface area contributed by atoms with Crippen LogP contribution in [0.4, 0.5) is 0 Å². The molecule has 4 N–H and O–H groups in total. The number of rotatable bonds is 2. The van der Waals surface area contributed by atoms with Crippen molar-refractivity contribution in [3.05, 3.63) is 0 Å². The molecule has 1 aliphatic carbocycles. The number of nitrogens with two attached hydrogens (primary N) is 2. The van der Waals surface area contributed by atoms with Crippen molar-refractivity contribution < 1.29 is 0 Å². The molecule has 0 aromatic rings. The summed E-state index contributed by atoms with van der Waals surface area (Å²) in [5.74, 6) is 1.47. The average Bonchev–Trinajstić information content (AvgIpc) is 2.03. The second-order valence-corrected chi connectivity index (χ2v) is 5.78. The van der Waals surface area contributed by atoms with Crippen LogP contribution in [0.25, 0.3) is 0 Å². The van der Waals surface area contributed by atoms with Crippen molar-refractivity contribution in [3.63, 3.8) is 0 Å². The molecule has 0 unspecified atom stereocenters. The summed E-state index contributed by atoms with van der Waals surface area (Å²) in [6.07, 6.45) is 4.33. The molecular weight excluding hydrogens is 172 g/mol. The zero-order valence-corrected chi connectivity index (χ0v) is 10.1. The zero-order valence-electron chi connectivity index (χ0n) is 10.1. The van der Waals surface area contributed by atoms with Crippen LogP contribution in [0.15, 0.2) is 0 Å². The molecule has 2 heteroatoms. The Hall–Kier alpha value is -0.0800. The smallest absolute Gasteiger partial charge is 0.0637 e. The van der Waals surface area contributed by atoms with Crippen LogP contribution in [0, 0.1) is 17.3 Å². The summed E-state index contributed by atoms with van der Waals surface area (Å²) in [4.78, 5) is 0. The first-order chi connectivity index (χ1) is 6.30. The Morgan fingerprint density at radius 1 is 0.786 bits per heavy atom. The van der Waals surface area contributed by atoms with Crippen molar-refractivity contribution >= 4 is 0 Å². The summed E-state index contributed by atoms with van der Waals surface area (Å²) in [6, 6.07) is 0. The van der Waals surface area contributed by atoms with E-state index in [4.69, 9.17) is 11.5 Å². The maximum atomic E-state index is 5.98. The summed E-state index contributed by atoms with van der Waals surface area (Å²) >= 11 is 0. The summed E-state index contributed by atoms with van der Waals surface area (Å²) in [5, 5.41) is 0. The topological polar surface area (TPSA) is 52.0 Å². The quantitative estimate of drug-likeness (QED) is 0.670. The Morgan fingerprint density at radius 2 is 1.14 bits per heavy atom. The second kappa shape index (κ2) is 3.82. The molecule has 0 heterocycles. The van der Waals surface area contributed by atoms with E-state index in [9.17, 15) is 0 Å². The molecule has 0 saturated heterocycles. The van der Waals surface area contributed by atoms with E-state index >= 15 is 0 Å². The van der Waals surface area contributed by atoms with Gasteiger partial charge in [-0.25, -0.2) is 0 Å². The molecule has 0 radical (unpaired) electrons. The second-order valence-electron chi connectivity index (χ2n) is 5.78. The predicted octanol–water partition coefficient (Wildman–Crippen LogP) is 2.47. The molecule has 0 aliphatic heterocycles. The van der Waals surface area contributed by atoms with Crippen molar-refractivity contribution in [2.45, 2.75) is 59.0 Å². The first-order valence-corrected chi connectivity index (χ1v) is 5.88. The Bertz CT molecular complexity index is 174. The van der Waals surface area contributed by atoms with Gasteiger partial charge in [-0.2, -0.15) is 0 Å². The van der Waals surface area contributed by atoms with Crippen LogP contribution in [-0.4, -0.2) is 5.66 Å². The van der Waals surface area contributed by atoms with Crippen molar-refractivity contribution in [2.75, 3.05) is 0 Å². The van der Waals surface area contributed by atoms with E-state index in [-0.39, 0.29) is 0 Å². The largest absolute Gasteiger partial charge is 0.313 e. The summed E-state index contributed by atoms with van der Waals surface area (Å²) < 4.78 is 0. The number of hydrogen-bond acceptors (Lipinski definition) is 2. The molecule has 14 heavy (non-hydrogen) atoms. The van der Waals surface area contributed by atoms with Crippen molar-refractivity contribution in [1.82, 2.24) is 0 Å². The van der Waals surface area contributed by atoms with Gasteiger partial charge in [-0.15, -0.1) is 0 Å². The molecular formula is C12H26N2. The van der Waals surface area contributed by atoms with Gasteiger partial charge in [0.1, 0.15) is 0 Å². The third kappa shape index (κ3) is 2.12. The highest BCUT2D eigenvalue weighted by Gasteiger charge is 2.42. The SMILES string of the molecule is CC(C)C1(C(C)C)CCC(N)(N)CC1. The Balaban J connectivity index is 2.75. The highest BCUT2D eigenvalue weighted by atomic mass is 15.0. The monoisotopic (exact) mass is 198 g/mol.